The van der Waals surface area contributed by atoms with Crippen LogP contribution in [0.15, 0.2) is 47.4 Å². The number of fused-ring (bicyclic) bond motifs is 1. The maximum atomic E-state index is 13.6. The molecule has 0 saturated heterocycles. The molecule has 0 spiro atoms. The maximum absolute atomic E-state index is 13.6. The molecule has 0 fully saturated rings. The molecule has 0 bridgehead atoms. The van der Waals surface area contributed by atoms with Gasteiger partial charge in [0.15, 0.2) is 0 Å². The van der Waals surface area contributed by atoms with Crippen LogP contribution in [0, 0.1) is 13.8 Å². The summed E-state index contributed by atoms with van der Waals surface area (Å²) in [5.74, 6) is -1.08. The highest BCUT2D eigenvalue weighted by atomic mass is 35.5. The van der Waals surface area contributed by atoms with E-state index in [1.807, 2.05) is 19.9 Å². The number of methoxy groups -OCH3 is 1. The molecule has 1 aromatic heterocycles. The second kappa shape index (κ2) is 10.0. The largest absolute Gasteiger partial charge is 0.465 e. The van der Waals surface area contributed by atoms with Crippen LogP contribution in [0.4, 0.5) is 10.7 Å². The zero-order chi connectivity index (χ0) is 25.3. The van der Waals surface area contributed by atoms with Crippen molar-refractivity contribution in [1.82, 2.24) is 0 Å². The molecule has 0 saturated carbocycles. The van der Waals surface area contributed by atoms with Gasteiger partial charge < -0.3 is 10.1 Å². The minimum absolute atomic E-state index is 0.0123. The van der Waals surface area contributed by atoms with Crippen LogP contribution in [0.1, 0.15) is 38.3 Å². The average Bonchev–Trinajstić information content (AvgIpc) is 3.40. The topological polar surface area (TPSA) is 92.8 Å². The summed E-state index contributed by atoms with van der Waals surface area (Å²) in [4.78, 5) is 26.7. The summed E-state index contributed by atoms with van der Waals surface area (Å²) in [6, 6.07) is 11.0. The fraction of sp³-hybridized carbons (Fsp3) is 0.280. The first-order chi connectivity index (χ1) is 16.6. The summed E-state index contributed by atoms with van der Waals surface area (Å²) >= 11 is 7.28. The average molecular weight is 533 g/mol. The molecule has 0 unspecified atom stereocenters. The Morgan fingerprint density at radius 3 is 2.46 bits per heavy atom. The van der Waals surface area contributed by atoms with Crippen LogP contribution in [0.3, 0.4) is 0 Å². The van der Waals surface area contributed by atoms with Crippen molar-refractivity contribution < 1.29 is 22.7 Å². The summed E-state index contributed by atoms with van der Waals surface area (Å²) in [6.45, 7) is 3.33. The quantitative estimate of drug-likeness (QED) is 0.426. The highest BCUT2D eigenvalue weighted by Crippen LogP contribution is 2.39. The summed E-state index contributed by atoms with van der Waals surface area (Å²) in [7, 11) is -2.79. The zero-order valence-corrected chi connectivity index (χ0v) is 21.9. The van der Waals surface area contributed by atoms with E-state index in [1.54, 1.807) is 12.1 Å². The standard InChI is InChI=1S/C25H25ClN2O5S2/c1-15-7-10-18(13-16(15)2)28(35(31,32)19-11-8-17(26)9-12-19)14-22(29)27-24-23(25(30)33-3)20-5-4-6-21(20)34-24/h7-13H,4-6,14H2,1-3H3,(H,27,29). The number of nitrogens with zero attached hydrogens (tertiary/aromatic N) is 1. The molecule has 1 heterocycles. The number of thiophene rings is 1. The molecular formula is C25H25ClN2O5S2. The number of hydrogen-bond donors (Lipinski definition) is 1. The molecule has 7 nitrogen and oxygen atoms in total. The number of carbonyl (C=O) groups excluding carboxylic acids is 2. The first-order valence-corrected chi connectivity index (χ1v) is 13.6. The molecule has 3 aromatic rings. The molecule has 1 aliphatic rings. The molecule has 184 valence electrons. The van der Waals surface area contributed by atoms with Crippen LogP contribution >= 0.6 is 22.9 Å². The van der Waals surface area contributed by atoms with Crippen molar-refractivity contribution in [3.8, 4) is 0 Å². The van der Waals surface area contributed by atoms with Crippen molar-refractivity contribution in [3.63, 3.8) is 0 Å². The minimum atomic E-state index is -4.09. The molecule has 1 N–H and O–H groups in total. The Morgan fingerprint density at radius 2 is 1.80 bits per heavy atom. The lowest BCUT2D eigenvalue weighted by molar-refractivity contribution is -0.114. The minimum Gasteiger partial charge on any atom is -0.465 e. The molecule has 1 aliphatic carbocycles. The molecule has 1 amide bonds. The number of nitrogens with one attached hydrogen (secondary N) is 1. The molecule has 4 rings (SSSR count). The number of halogens is 1. The molecule has 0 atom stereocenters. The summed E-state index contributed by atoms with van der Waals surface area (Å²) in [5.41, 5.74) is 3.51. The third-order valence-corrected chi connectivity index (χ3v) is 9.28. The number of ether oxygens (including phenoxy) is 1. The normalized spacial score (nSPS) is 12.8. The van der Waals surface area contributed by atoms with Crippen molar-refractivity contribution in [2.75, 3.05) is 23.3 Å². The predicted molar refractivity (Wildman–Crippen MR) is 138 cm³/mol. The monoisotopic (exact) mass is 532 g/mol. The lowest BCUT2D eigenvalue weighted by Gasteiger charge is -2.25. The Bertz CT molecular complexity index is 1400. The first kappa shape index (κ1) is 25.2. The number of benzene rings is 2. The Labute approximate surface area is 213 Å². The molecular weight excluding hydrogens is 508 g/mol. The van der Waals surface area contributed by atoms with Gasteiger partial charge in [-0.1, -0.05) is 17.7 Å². The van der Waals surface area contributed by atoms with E-state index in [0.717, 1.165) is 45.1 Å². The number of esters is 1. The van der Waals surface area contributed by atoms with Crippen molar-refractivity contribution in [3.05, 3.63) is 74.6 Å². The molecule has 2 aromatic carbocycles. The first-order valence-electron chi connectivity index (χ1n) is 11.0. The molecule has 35 heavy (non-hydrogen) atoms. The van der Waals surface area contributed by atoms with Gasteiger partial charge in [0, 0.05) is 9.90 Å². The van der Waals surface area contributed by atoms with Crippen LogP contribution in [0.25, 0.3) is 0 Å². The van der Waals surface area contributed by atoms with Crippen molar-refractivity contribution >= 4 is 55.5 Å². The molecule has 10 heteroatoms. The third-order valence-electron chi connectivity index (χ3n) is 6.03. The van der Waals surface area contributed by atoms with Gasteiger partial charge in [-0.3, -0.25) is 9.10 Å². The van der Waals surface area contributed by atoms with Crippen molar-refractivity contribution in [1.29, 1.82) is 0 Å². The van der Waals surface area contributed by atoms with Crippen LogP contribution in [-0.2, 0) is 32.4 Å². The van der Waals surface area contributed by atoms with Crippen LogP contribution in [0.2, 0.25) is 5.02 Å². The fourth-order valence-electron chi connectivity index (χ4n) is 4.04. The SMILES string of the molecule is COC(=O)c1c(NC(=O)CN(c2ccc(C)c(C)c2)S(=O)(=O)c2ccc(Cl)cc2)sc2c1CCC2. The maximum Gasteiger partial charge on any atom is 0.341 e. The number of anilines is 2. The van der Waals surface area contributed by atoms with Gasteiger partial charge in [-0.25, -0.2) is 13.2 Å². The summed E-state index contributed by atoms with van der Waals surface area (Å²) in [5, 5.41) is 3.55. The van der Waals surface area contributed by atoms with Crippen molar-refractivity contribution in [2.45, 2.75) is 38.0 Å². The van der Waals surface area contributed by atoms with Gasteiger partial charge in [-0.2, -0.15) is 0 Å². The van der Waals surface area contributed by atoms with Gasteiger partial charge in [-0.15, -0.1) is 11.3 Å². The van der Waals surface area contributed by atoms with E-state index in [0.29, 0.717) is 21.3 Å². The Kier molecular flexibility index (Phi) is 7.21. The number of rotatable bonds is 7. The van der Waals surface area contributed by atoms with E-state index >= 15 is 0 Å². The van der Waals surface area contributed by atoms with Gasteiger partial charge in [0.25, 0.3) is 10.0 Å². The van der Waals surface area contributed by atoms with E-state index in [-0.39, 0.29) is 4.90 Å². The van der Waals surface area contributed by atoms with Crippen LogP contribution < -0.4 is 9.62 Å². The number of aryl methyl sites for hydroxylation is 3. The number of carbonyl (C=O) groups is 2. The lowest BCUT2D eigenvalue weighted by atomic mass is 10.1. The zero-order valence-electron chi connectivity index (χ0n) is 19.6. The van der Waals surface area contributed by atoms with E-state index in [1.165, 1.54) is 42.7 Å². The van der Waals surface area contributed by atoms with Gasteiger partial charge in [0.2, 0.25) is 5.91 Å². The van der Waals surface area contributed by atoms with E-state index in [2.05, 4.69) is 5.32 Å². The van der Waals surface area contributed by atoms with Gasteiger partial charge >= 0.3 is 5.97 Å². The predicted octanol–water partition coefficient (Wildman–Crippen LogP) is 5.13. The summed E-state index contributed by atoms with van der Waals surface area (Å²) < 4.78 is 33.2. The smallest absolute Gasteiger partial charge is 0.341 e. The Hall–Kier alpha value is -2.88. The van der Waals surface area contributed by atoms with E-state index < -0.39 is 28.4 Å². The third kappa shape index (κ3) is 5.07. The number of hydrogen-bond acceptors (Lipinski definition) is 6. The highest BCUT2D eigenvalue weighted by molar-refractivity contribution is 7.92. The van der Waals surface area contributed by atoms with Gasteiger partial charge in [0.1, 0.15) is 11.5 Å². The molecule has 0 radical (unpaired) electrons. The van der Waals surface area contributed by atoms with Crippen molar-refractivity contribution in [2.24, 2.45) is 0 Å². The van der Waals surface area contributed by atoms with Crippen LogP contribution in [0.5, 0.6) is 0 Å². The Morgan fingerprint density at radius 1 is 1.09 bits per heavy atom. The second-order valence-electron chi connectivity index (χ2n) is 8.34. The number of amides is 1. The van der Waals surface area contributed by atoms with Crippen LogP contribution in [-0.4, -0.2) is 33.9 Å². The fourth-order valence-corrected chi connectivity index (χ4v) is 6.87. The van der Waals surface area contributed by atoms with Gasteiger partial charge in [-0.05, 0) is 86.2 Å². The number of sulfonamides is 1. The Balaban J connectivity index is 1.69. The van der Waals surface area contributed by atoms with E-state index in [4.69, 9.17) is 16.3 Å². The summed E-state index contributed by atoms with van der Waals surface area (Å²) in [6.07, 6.45) is 2.52. The van der Waals surface area contributed by atoms with Gasteiger partial charge in [0.05, 0.1) is 23.3 Å². The molecule has 0 aliphatic heterocycles. The lowest BCUT2D eigenvalue weighted by Crippen LogP contribution is -2.38. The second-order valence-corrected chi connectivity index (χ2v) is 11.7. The highest BCUT2D eigenvalue weighted by Gasteiger charge is 2.31. The van der Waals surface area contributed by atoms with E-state index in [9.17, 15) is 18.0 Å².